The summed E-state index contributed by atoms with van der Waals surface area (Å²) in [6.07, 6.45) is 3.41. The summed E-state index contributed by atoms with van der Waals surface area (Å²) in [6.45, 7) is 0.121. The molecule has 1 N–H and O–H groups in total. The van der Waals surface area contributed by atoms with Gasteiger partial charge in [-0.2, -0.15) is 0 Å². The molecule has 1 amide bonds. The zero-order valence-electron chi connectivity index (χ0n) is 13.9. The highest BCUT2D eigenvalue weighted by Crippen LogP contribution is 2.30. The van der Waals surface area contributed by atoms with Gasteiger partial charge in [-0.1, -0.05) is 43.2 Å². The van der Waals surface area contributed by atoms with Crippen molar-refractivity contribution in [3.8, 4) is 0 Å². The molecule has 2 unspecified atom stereocenters. The second kappa shape index (κ2) is 10.0. The molecular formula is C18H22ClNO5. The molecule has 1 aliphatic carbocycles. The number of ether oxygens (including phenoxy) is 2. The first-order valence-corrected chi connectivity index (χ1v) is 8.73. The third kappa shape index (κ3) is 6.74. The van der Waals surface area contributed by atoms with Gasteiger partial charge in [-0.15, -0.1) is 0 Å². The van der Waals surface area contributed by atoms with Crippen LogP contribution in [0.3, 0.4) is 0 Å². The second-order valence-electron chi connectivity index (χ2n) is 6.06. The number of carbonyl (C=O) groups excluding carboxylic acids is 3. The van der Waals surface area contributed by atoms with Crippen LogP contribution in [0.5, 0.6) is 0 Å². The van der Waals surface area contributed by atoms with Crippen LogP contribution in [0.15, 0.2) is 30.3 Å². The van der Waals surface area contributed by atoms with Crippen molar-refractivity contribution in [3.63, 3.8) is 0 Å². The van der Waals surface area contributed by atoms with Crippen molar-refractivity contribution in [2.45, 2.75) is 32.3 Å². The van der Waals surface area contributed by atoms with Crippen LogP contribution in [-0.2, 0) is 25.7 Å². The predicted molar refractivity (Wildman–Crippen MR) is 91.9 cm³/mol. The molecule has 1 aromatic carbocycles. The number of nitrogens with one attached hydrogen (secondary N) is 1. The Balaban J connectivity index is 1.75. The van der Waals surface area contributed by atoms with E-state index in [1.807, 2.05) is 30.3 Å². The monoisotopic (exact) mass is 367 g/mol. The quantitative estimate of drug-likeness (QED) is 0.591. The maximum atomic E-state index is 12.3. The van der Waals surface area contributed by atoms with Crippen LogP contribution >= 0.6 is 11.6 Å². The standard InChI is InChI=1S/C18H22ClNO5/c19-18(23)25-12-14-8-4-5-9-15(14)17(22)20-10-16(21)24-11-13-6-2-1-3-7-13/h1-3,6-7,14-15H,4-5,8-12H2,(H,20,22). The van der Waals surface area contributed by atoms with Crippen molar-refractivity contribution in [1.82, 2.24) is 5.32 Å². The van der Waals surface area contributed by atoms with Crippen LogP contribution < -0.4 is 5.32 Å². The van der Waals surface area contributed by atoms with E-state index < -0.39 is 11.4 Å². The summed E-state index contributed by atoms with van der Waals surface area (Å²) in [5.41, 5.74) is 0.0200. The number of rotatable bonds is 7. The van der Waals surface area contributed by atoms with Crippen LogP contribution in [0.4, 0.5) is 4.79 Å². The first-order chi connectivity index (χ1) is 12.1. The number of esters is 1. The molecule has 2 rings (SSSR count). The zero-order chi connectivity index (χ0) is 18.1. The van der Waals surface area contributed by atoms with Crippen molar-refractivity contribution in [2.75, 3.05) is 13.2 Å². The van der Waals surface area contributed by atoms with E-state index in [1.165, 1.54) is 0 Å². The van der Waals surface area contributed by atoms with Crippen molar-refractivity contribution in [3.05, 3.63) is 35.9 Å². The second-order valence-corrected chi connectivity index (χ2v) is 6.37. The molecule has 6 nitrogen and oxygen atoms in total. The van der Waals surface area contributed by atoms with E-state index >= 15 is 0 Å². The van der Waals surface area contributed by atoms with Gasteiger partial charge in [0.1, 0.15) is 13.2 Å². The molecule has 0 aromatic heterocycles. The SMILES string of the molecule is O=C(Cl)OCC1CCCCC1C(=O)NCC(=O)OCc1ccccc1. The van der Waals surface area contributed by atoms with E-state index in [9.17, 15) is 14.4 Å². The summed E-state index contributed by atoms with van der Waals surface area (Å²) in [5, 5.41) is 2.62. The lowest BCUT2D eigenvalue weighted by Gasteiger charge is -2.29. The average Bonchev–Trinajstić information content (AvgIpc) is 2.63. The minimum absolute atomic E-state index is 0.0724. The summed E-state index contributed by atoms with van der Waals surface area (Å²) in [4.78, 5) is 34.9. The average molecular weight is 368 g/mol. The van der Waals surface area contributed by atoms with Crippen LogP contribution in [0.1, 0.15) is 31.2 Å². The fourth-order valence-electron chi connectivity index (χ4n) is 3.00. The van der Waals surface area contributed by atoms with Gasteiger partial charge in [0, 0.05) is 23.4 Å². The molecule has 0 saturated heterocycles. The molecule has 1 aliphatic rings. The summed E-state index contributed by atoms with van der Waals surface area (Å²) in [6, 6.07) is 9.32. The highest BCUT2D eigenvalue weighted by molar-refractivity contribution is 6.61. The highest BCUT2D eigenvalue weighted by Gasteiger charge is 2.31. The minimum Gasteiger partial charge on any atom is -0.460 e. The van der Waals surface area contributed by atoms with Gasteiger partial charge in [0.05, 0.1) is 6.61 Å². The third-order valence-corrected chi connectivity index (χ3v) is 4.42. The first-order valence-electron chi connectivity index (χ1n) is 8.36. The normalized spacial score (nSPS) is 19.7. The lowest BCUT2D eigenvalue weighted by Crippen LogP contribution is -2.40. The molecule has 0 radical (unpaired) electrons. The van der Waals surface area contributed by atoms with Gasteiger partial charge in [-0.05, 0) is 18.4 Å². The van der Waals surface area contributed by atoms with Crippen molar-refractivity contribution < 1.29 is 23.9 Å². The third-order valence-electron chi connectivity index (χ3n) is 4.31. The van der Waals surface area contributed by atoms with E-state index in [0.29, 0.717) is 6.42 Å². The van der Waals surface area contributed by atoms with E-state index in [1.54, 1.807) is 0 Å². The summed E-state index contributed by atoms with van der Waals surface area (Å²) in [5.74, 6) is -1.06. The first kappa shape index (κ1) is 19.2. The van der Waals surface area contributed by atoms with Gasteiger partial charge >= 0.3 is 11.4 Å². The largest absolute Gasteiger partial charge is 0.460 e. The van der Waals surface area contributed by atoms with Gasteiger partial charge in [-0.25, -0.2) is 4.79 Å². The fraction of sp³-hybridized carbons (Fsp3) is 0.500. The Hall–Kier alpha value is -2.08. The van der Waals surface area contributed by atoms with Crippen LogP contribution in [0.2, 0.25) is 0 Å². The van der Waals surface area contributed by atoms with Crippen molar-refractivity contribution in [2.24, 2.45) is 11.8 Å². The molecule has 1 fully saturated rings. The topological polar surface area (TPSA) is 81.7 Å². The number of carbonyl (C=O) groups is 3. The van der Waals surface area contributed by atoms with Crippen LogP contribution in [0, 0.1) is 11.8 Å². The van der Waals surface area contributed by atoms with E-state index in [2.05, 4.69) is 5.32 Å². The maximum absolute atomic E-state index is 12.3. The fourth-order valence-corrected chi connectivity index (χ4v) is 3.07. The number of benzene rings is 1. The molecule has 1 saturated carbocycles. The van der Waals surface area contributed by atoms with E-state index in [-0.39, 0.29) is 37.5 Å². The molecule has 136 valence electrons. The molecular weight excluding hydrogens is 346 g/mol. The molecule has 0 heterocycles. The summed E-state index contributed by atoms with van der Waals surface area (Å²) in [7, 11) is 0. The predicted octanol–water partition coefficient (Wildman–Crippen LogP) is 3.03. The Morgan fingerprint density at radius 2 is 1.80 bits per heavy atom. The van der Waals surface area contributed by atoms with E-state index in [4.69, 9.17) is 21.1 Å². The Morgan fingerprint density at radius 3 is 2.52 bits per heavy atom. The Kier molecular flexibility index (Phi) is 7.73. The van der Waals surface area contributed by atoms with Gasteiger partial charge in [0.2, 0.25) is 5.91 Å². The zero-order valence-corrected chi connectivity index (χ0v) is 14.7. The van der Waals surface area contributed by atoms with Crippen molar-refractivity contribution in [1.29, 1.82) is 0 Å². The Morgan fingerprint density at radius 1 is 1.08 bits per heavy atom. The molecule has 2 atom stereocenters. The van der Waals surface area contributed by atoms with Gasteiger partial charge in [-0.3, -0.25) is 9.59 Å². The molecule has 0 aliphatic heterocycles. The van der Waals surface area contributed by atoms with Crippen molar-refractivity contribution >= 4 is 28.9 Å². The maximum Gasteiger partial charge on any atom is 0.403 e. The summed E-state index contributed by atoms with van der Waals surface area (Å²) >= 11 is 5.19. The molecule has 0 spiro atoms. The molecule has 7 heteroatoms. The lowest BCUT2D eigenvalue weighted by molar-refractivity contribution is -0.145. The Labute approximate surface area is 151 Å². The number of hydrogen-bond donors (Lipinski definition) is 1. The minimum atomic E-state index is -0.866. The smallest absolute Gasteiger partial charge is 0.403 e. The van der Waals surface area contributed by atoms with E-state index in [0.717, 1.165) is 24.8 Å². The van der Waals surface area contributed by atoms with Gasteiger partial charge in [0.15, 0.2) is 0 Å². The Bertz CT molecular complexity index is 592. The molecule has 25 heavy (non-hydrogen) atoms. The lowest BCUT2D eigenvalue weighted by atomic mass is 9.79. The highest BCUT2D eigenvalue weighted by atomic mass is 35.5. The number of hydrogen-bond acceptors (Lipinski definition) is 5. The van der Waals surface area contributed by atoms with Gasteiger partial charge < -0.3 is 14.8 Å². The molecule has 1 aromatic rings. The van der Waals surface area contributed by atoms with Crippen LogP contribution in [-0.4, -0.2) is 30.5 Å². The van der Waals surface area contributed by atoms with Gasteiger partial charge in [0.25, 0.3) is 0 Å². The van der Waals surface area contributed by atoms with Crippen LogP contribution in [0.25, 0.3) is 0 Å². The number of halogens is 1. The number of amides is 1. The summed E-state index contributed by atoms with van der Waals surface area (Å²) < 4.78 is 9.96. The molecule has 0 bridgehead atoms.